The molecule has 0 radical (unpaired) electrons. The summed E-state index contributed by atoms with van der Waals surface area (Å²) in [6.07, 6.45) is 0. The van der Waals surface area contributed by atoms with Gasteiger partial charge < -0.3 is 10.7 Å². The topological polar surface area (TPSA) is 41.8 Å². The molecule has 0 aliphatic carbocycles. The van der Waals surface area contributed by atoms with Gasteiger partial charge in [0.2, 0.25) is 0 Å². The van der Waals surface area contributed by atoms with E-state index in [0.29, 0.717) is 0 Å². The Morgan fingerprint density at radius 3 is 2.65 bits per heavy atom. The summed E-state index contributed by atoms with van der Waals surface area (Å²) in [6, 6.07) is 16.8. The van der Waals surface area contributed by atoms with E-state index in [1.54, 1.807) is 11.8 Å². The van der Waals surface area contributed by atoms with Crippen molar-refractivity contribution in [2.24, 2.45) is 5.73 Å². The smallest absolute Gasteiger partial charge is 0.0781 e. The van der Waals surface area contributed by atoms with E-state index in [9.17, 15) is 0 Å². The molecule has 0 fully saturated rings. The van der Waals surface area contributed by atoms with Crippen molar-refractivity contribution in [2.75, 3.05) is 0 Å². The van der Waals surface area contributed by atoms with Gasteiger partial charge in [-0.1, -0.05) is 36.0 Å². The molecule has 3 aromatic rings. The van der Waals surface area contributed by atoms with E-state index in [-0.39, 0.29) is 6.04 Å². The summed E-state index contributed by atoms with van der Waals surface area (Å²) < 4.78 is 1.08. The second-order valence-electron chi connectivity index (χ2n) is 4.80. The van der Waals surface area contributed by atoms with Gasteiger partial charge in [0.05, 0.1) is 5.03 Å². The number of benzene rings is 2. The molecule has 0 aliphatic rings. The Hall–Kier alpha value is -1.23. The SMILES string of the molecule is C[C@@H](N)c1ccc(Sc2cc3ccccc3[nH]2)c(Br)c1. The highest BCUT2D eigenvalue weighted by atomic mass is 79.9. The largest absolute Gasteiger partial charge is 0.349 e. The summed E-state index contributed by atoms with van der Waals surface area (Å²) in [4.78, 5) is 4.61. The van der Waals surface area contributed by atoms with Crippen LogP contribution < -0.4 is 5.73 Å². The van der Waals surface area contributed by atoms with Crippen molar-refractivity contribution in [1.82, 2.24) is 4.98 Å². The van der Waals surface area contributed by atoms with E-state index in [0.717, 1.165) is 15.1 Å². The first-order valence-electron chi connectivity index (χ1n) is 6.44. The third kappa shape index (κ3) is 2.77. The fraction of sp³-hybridized carbons (Fsp3) is 0.125. The molecule has 1 aromatic heterocycles. The van der Waals surface area contributed by atoms with Crippen LogP contribution >= 0.6 is 27.7 Å². The van der Waals surface area contributed by atoms with Gasteiger partial charge >= 0.3 is 0 Å². The molecule has 0 unspecified atom stereocenters. The van der Waals surface area contributed by atoms with Gasteiger partial charge in [-0.15, -0.1) is 0 Å². The summed E-state index contributed by atoms with van der Waals surface area (Å²) in [6.45, 7) is 1.99. The minimum Gasteiger partial charge on any atom is -0.349 e. The lowest BCUT2D eigenvalue weighted by atomic mass is 10.1. The number of nitrogens with one attached hydrogen (secondary N) is 1. The molecule has 0 bridgehead atoms. The van der Waals surface area contributed by atoms with E-state index in [1.807, 2.05) is 13.0 Å². The number of halogens is 1. The molecule has 1 atom stereocenters. The van der Waals surface area contributed by atoms with E-state index >= 15 is 0 Å². The average Bonchev–Trinajstić information content (AvgIpc) is 2.83. The molecule has 2 nitrogen and oxygen atoms in total. The van der Waals surface area contributed by atoms with Gasteiger partial charge in [-0.05, 0) is 52.7 Å². The Morgan fingerprint density at radius 2 is 1.95 bits per heavy atom. The minimum atomic E-state index is 0.0541. The van der Waals surface area contributed by atoms with Crippen molar-refractivity contribution in [3.05, 3.63) is 58.6 Å². The maximum Gasteiger partial charge on any atom is 0.0781 e. The maximum absolute atomic E-state index is 5.90. The van der Waals surface area contributed by atoms with Crippen molar-refractivity contribution >= 4 is 38.6 Å². The molecule has 3 rings (SSSR count). The molecule has 0 saturated carbocycles. The number of aromatic amines is 1. The number of aromatic nitrogens is 1. The van der Waals surface area contributed by atoms with Gasteiger partial charge in [0, 0.05) is 26.3 Å². The van der Waals surface area contributed by atoms with Gasteiger partial charge in [-0.3, -0.25) is 0 Å². The van der Waals surface area contributed by atoms with Crippen molar-refractivity contribution in [3.63, 3.8) is 0 Å². The second-order valence-corrected chi connectivity index (χ2v) is 6.74. The standard InChI is InChI=1S/C16H15BrN2S/c1-10(18)11-6-7-15(13(17)8-11)20-16-9-12-4-2-3-5-14(12)19-16/h2-10,19H,18H2,1H3/t10-/m1/s1. The minimum absolute atomic E-state index is 0.0541. The van der Waals surface area contributed by atoms with Crippen LogP contribution in [0.1, 0.15) is 18.5 Å². The van der Waals surface area contributed by atoms with Crippen molar-refractivity contribution in [1.29, 1.82) is 0 Å². The Labute approximate surface area is 130 Å². The highest BCUT2D eigenvalue weighted by molar-refractivity contribution is 9.10. The molecule has 0 saturated heterocycles. The summed E-state index contributed by atoms with van der Waals surface area (Å²) in [5.41, 5.74) is 8.20. The van der Waals surface area contributed by atoms with Crippen molar-refractivity contribution in [3.8, 4) is 0 Å². The van der Waals surface area contributed by atoms with Crippen molar-refractivity contribution in [2.45, 2.75) is 22.9 Å². The molecule has 102 valence electrons. The fourth-order valence-electron chi connectivity index (χ4n) is 2.10. The van der Waals surface area contributed by atoms with E-state index in [2.05, 4.69) is 63.4 Å². The average molecular weight is 347 g/mol. The van der Waals surface area contributed by atoms with Crippen LogP contribution in [0.15, 0.2) is 62.9 Å². The van der Waals surface area contributed by atoms with Gasteiger partial charge in [0.1, 0.15) is 0 Å². The monoisotopic (exact) mass is 346 g/mol. The number of rotatable bonds is 3. The third-order valence-corrected chi connectivity index (χ3v) is 5.14. The summed E-state index contributed by atoms with van der Waals surface area (Å²) >= 11 is 5.34. The normalized spacial score (nSPS) is 12.8. The Kier molecular flexibility index (Phi) is 3.87. The molecular formula is C16H15BrN2S. The lowest BCUT2D eigenvalue weighted by Gasteiger charge is -2.08. The molecule has 4 heteroatoms. The number of H-pyrrole nitrogens is 1. The predicted octanol–water partition coefficient (Wildman–Crippen LogP) is 5.10. The van der Waals surface area contributed by atoms with Gasteiger partial charge in [-0.25, -0.2) is 0 Å². The molecule has 0 aliphatic heterocycles. The van der Waals surface area contributed by atoms with Crippen LogP contribution in [0, 0.1) is 0 Å². The number of nitrogens with two attached hydrogens (primary N) is 1. The van der Waals surface area contributed by atoms with Crippen molar-refractivity contribution < 1.29 is 0 Å². The van der Waals surface area contributed by atoms with Gasteiger partial charge in [0.25, 0.3) is 0 Å². The van der Waals surface area contributed by atoms with E-state index < -0.39 is 0 Å². The quantitative estimate of drug-likeness (QED) is 0.692. The lowest BCUT2D eigenvalue weighted by Crippen LogP contribution is -2.04. The summed E-state index contributed by atoms with van der Waals surface area (Å²) in [5.74, 6) is 0. The van der Waals surface area contributed by atoms with Crippen LogP contribution in [0.4, 0.5) is 0 Å². The highest BCUT2D eigenvalue weighted by Crippen LogP contribution is 2.35. The highest BCUT2D eigenvalue weighted by Gasteiger charge is 2.08. The number of para-hydroxylation sites is 1. The van der Waals surface area contributed by atoms with Crippen LogP contribution in [-0.2, 0) is 0 Å². The van der Waals surface area contributed by atoms with Gasteiger partial charge in [0.15, 0.2) is 0 Å². The van der Waals surface area contributed by atoms with Crippen LogP contribution in [-0.4, -0.2) is 4.98 Å². The third-order valence-electron chi connectivity index (χ3n) is 3.21. The van der Waals surface area contributed by atoms with Gasteiger partial charge in [-0.2, -0.15) is 0 Å². The zero-order chi connectivity index (χ0) is 14.1. The van der Waals surface area contributed by atoms with E-state index in [1.165, 1.54) is 15.8 Å². The van der Waals surface area contributed by atoms with Crippen LogP contribution in [0.25, 0.3) is 10.9 Å². The molecule has 1 heterocycles. The first kappa shape index (κ1) is 13.7. The zero-order valence-electron chi connectivity index (χ0n) is 11.1. The van der Waals surface area contributed by atoms with Crippen LogP contribution in [0.2, 0.25) is 0 Å². The predicted molar refractivity (Wildman–Crippen MR) is 89.2 cm³/mol. The Bertz CT molecular complexity index is 716. The first-order chi connectivity index (χ1) is 9.63. The first-order valence-corrected chi connectivity index (χ1v) is 8.05. The Balaban J connectivity index is 1.90. The Morgan fingerprint density at radius 1 is 1.15 bits per heavy atom. The number of hydrogen-bond acceptors (Lipinski definition) is 2. The lowest BCUT2D eigenvalue weighted by molar-refractivity contribution is 0.815. The summed E-state index contributed by atoms with van der Waals surface area (Å²) in [5, 5.41) is 2.37. The molecule has 20 heavy (non-hydrogen) atoms. The number of fused-ring (bicyclic) bond motifs is 1. The maximum atomic E-state index is 5.90. The zero-order valence-corrected chi connectivity index (χ0v) is 13.5. The second kappa shape index (κ2) is 5.64. The molecular weight excluding hydrogens is 332 g/mol. The summed E-state index contributed by atoms with van der Waals surface area (Å²) in [7, 11) is 0. The van der Waals surface area contributed by atoms with Crippen LogP contribution in [0.3, 0.4) is 0 Å². The molecule has 0 amide bonds. The van der Waals surface area contributed by atoms with E-state index in [4.69, 9.17) is 5.73 Å². The molecule has 0 spiro atoms. The fourth-order valence-corrected chi connectivity index (χ4v) is 3.62. The number of hydrogen-bond donors (Lipinski definition) is 2. The molecule has 3 N–H and O–H groups in total. The van der Waals surface area contributed by atoms with Crippen LogP contribution in [0.5, 0.6) is 0 Å². The molecule has 2 aromatic carbocycles.